The fraction of sp³-hybridized carbons (Fsp3) is 0.316. The minimum absolute atomic E-state index is 0.189. The molecule has 6 nitrogen and oxygen atoms in total. The molecule has 1 aromatic carbocycles. The van der Waals surface area contributed by atoms with Gasteiger partial charge < -0.3 is 15.8 Å². The number of hydrogen-bond acceptors (Lipinski definition) is 6. The molecule has 0 unspecified atom stereocenters. The maximum Gasteiger partial charge on any atom is 0.175 e. The van der Waals surface area contributed by atoms with Gasteiger partial charge in [-0.2, -0.15) is 10.2 Å². The number of aliphatic imine (C=N–C) groups is 1. The third kappa shape index (κ3) is 5.10. The molecule has 7 heteroatoms. The summed E-state index contributed by atoms with van der Waals surface area (Å²) < 4.78 is 21.1. The Hall–Kier alpha value is -2.80. The van der Waals surface area contributed by atoms with Crippen molar-refractivity contribution in [2.45, 2.75) is 26.2 Å². The Bertz CT molecular complexity index is 762. The van der Waals surface area contributed by atoms with Crippen LogP contribution in [0.15, 0.2) is 41.8 Å². The number of rotatable bonds is 9. The molecule has 0 saturated heterocycles. The lowest BCUT2D eigenvalue weighted by Gasteiger charge is -2.15. The largest absolute Gasteiger partial charge is 0.452 e. The molecule has 0 fully saturated rings. The zero-order valence-electron chi connectivity index (χ0n) is 15.1. The van der Waals surface area contributed by atoms with Crippen LogP contribution in [0.2, 0.25) is 0 Å². The summed E-state index contributed by atoms with van der Waals surface area (Å²) in [5.41, 5.74) is 7.05. The van der Waals surface area contributed by atoms with Gasteiger partial charge >= 0.3 is 0 Å². The third-order valence-corrected chi connectivity index (χ3v) is 3.65. The van der Waals surface area contributed by atoms with E-state index in [0.717, 1.165) is 24.8 Å². The smallest absolute Gasteiger partial charge is 0.175 e. The molecule has 138 valence electrons. The summed E-state index contributed by atoms with van der Waals surface area (Å²) >= 11 is 0. The van der Waals surface area contributed by atoms with Crippen LogP contribution >= 0.6 is 0 Å². The van der Waals surface area contributed by atoms with Crippen molar-refractivity contribution in [3.05, 3.63) is 53.7 Å². The quantitative estimate of drug-likeness (QED) is 0.673. The van der Waals surface area contributed by atoms with Gasteiger partial charge in [0.25, 0.3) is 0 Å². The Labute approximate surface area is 153 Å². The Morgan fingerprint density at radius 2 is 2.19 bits per heavy atom. The minimum atomic E-state index is -0.467. The number of unbranched alkanes of at least 4 members (excludes halogenated alkanes) is 1. The molecular weight excluding hydrogens is 333 g/mol. The van der Waals surface area contributed by atoms with Crippen molar-refractivity contribution in [3.63, 3.8) is 0 Å². The first-order valence-corrected chi connectivity index (χ1v) is 8.57. The van der Waals surface area contributed by atoms with Crippen LogP contribution in [0.5, 0.6) is 11.5 Å². The average Bonchev–Trinajstić information content (AvgIpc) is 2.67. The summed E-state index contributed by atoms with van der Waals surface area (Å²) in [4.78, 5) is 4.23. The van der Waals surface area contributed by atoms with E-state index in [9.17, 15) is 0 Å². The van der Waals surface area contributed by atoms with E-state index in [4.69, 9.17) is 10.5 Å². The maximum atomic E-state index is 15.3. The predicted molar refractivity (Wildman–Crippen MR) is 102 cm³/mol. The molecule has 0 bridgehead atoms. The van der Waals surface area contributed by atoms with Gasteiger partial charge in [-0.1, -0.05) is 19.4 Å². The van der Waals surface area contributed by atoms with Crippen LogP contribution in [-0.2, 0) is 6.42 Å². The van der Waals surface area contributed by atoms with Crippen molar-refractivity contribution < 1.29 is 9.13 Å². The van der Waals surface area contributed by atoms with Crippen LogP contribution in [0.25, 0.3) is 5.70 Å². The molecule has 0 aliphatic heterocycles. The summed E-state index contributed by atoms with van der Waals surface area (Å²) in [7, 11) is 1.73. The van der Waals surface area contributed by atoms with Crippen LogP contribution < -0.4 is 15.8 Å². The summed E-state index contributed by atoms with van der Waals surface area (Å²) in [5.74, 6) is 0.151. The van der Waals surface area contributed by atoms with Gasteiger partial charge in [0.15, 0.2) is 11.6 Å². The molecule has 1 aromatic heterocycles. The van der Waals surface area contributed by atoms with Crippen LogP contribution in [0.4, 0.5) is 4.39 Å². The number of ether oxygens (including phenoxy) is 1. The SMILES string of the molecule is CCCCc1ccc(/C(=C/NC)N=CCN)c(F)c1Oc1ccnnc1. The molecule has 3 N–H and O–H groups in total. The van der Waals surface area contributed by atoms with Crippen LogP contribution in [-0.4, -0.2) is 30.0 Å². The Morgan fingerprint density at radius 1 is 1.35 bits per heavy atom. The molecule has 0 atom stereocenters. The van der Waals surface area contributed by atoms with E-state index in [1.807, 2.05) is 6.07 Å². The summed E-state index contributed by atoms with van der Waals surface area (Å²) in [6.45, 7) is 2.36. The highest BCUT2D eigenvalue weighted by Crippen LogP contribution is 2.34. The number of nitrogens with one attached hydrogen (secondary N) is 1. The zero-order valence-corrected chi connectivity index (χ0v) is 15.1. The molecule has 2 rings (SSSR count). The van der Waals surface area contributed by atoms with E-state index in [1.54, 1.807) is 25.4 Å². The fourth-order valence-electron chi connectivity index (χ4n) is 2.40. The second kappa shape index (κ2) is 10.2. The highest BCUT2D eigenvalue weighted by molar-refractivity contribution is 5.75. The Kier molecular flexibility index (Phi) is 7.70. The first-order chi connectivity index (χ1) is 12.7. The van der Waals surface area contributed by atoms with Crippen molar-refractivity contribution >= 4 is 11.9 Å². The lowest BCUT2D eigenvalue weighted by molar-refractivity contribution is 0.431. The monoisotopic (exact) mass is 357 g/mol. The number of benzene rings is 1. The molecule has 0 spiro atoms. The molecule has 0 aliphatic carbocycles. The normalized spacial score (nSPS) is 11.8. The van der Waals surface area contributed by atoms with E-state index < -0.39 is 5.82 Å². The first-order valence-electron chi connectivity index (χ1n) is 8.57. The second-order valence-corrected chi connectivity index (χ2v) is 5.56. The molecule has 1 heterocycles. The summed E-state index contributed by atoms with van der Waals surface area (Å²) in [5, 5.41) is 10.4. The number of aromatic nitrogens is 2. The van der Waals surface area contributed by atoms with Crippen molar-refractivity contribution in [2.24, 2.45) is 10.7 Å². The van der Waals surface area contributed by atoms with E-state index in [0.29, 0.717) is 17.0 Å². The minimum Gasteiger partial charge on any atom is -0.452 e. The van der Waals surface area contributed by atoms with Crippen LogP contribution in [0.1, 0.15) is 30.9 Å². The molecule has 0 saturated carbocycles. The van der Waals surface area contributed by atoms with Gasteiger partial charge in [-0.25, -0.2) is 4.39 Å². The van der Waals surface area contributed by atoms with Crippen molar-refractivity contribution in [1.29, 1.82) is 0 Å². The molecule has 26 heavy (non-hydrogen) atoms. The summed E-state index contributed by atoms with van der Waals surface area (Å²) in [6.07, 6.45) is 8.76. The number of halogens is 1. The number of hydrogen-bond donors (Lipinski definition) is 2. The Morgan fingerprint density at radius 3 is 2.85 bits per heavy atom. The first kappa shape index (κ1) is 19.5. The molecule has 0 radical (unpaired) electrons. The van der Waals surface area contributed by atoms with Gasteiger partial charge in [0.1, 0.15) is 5.75 Å². The summed E-state index contributed by atoms with van der Waals surface area (Å²) in [6, 6.07) is 5.23. The lowest BCUT2D eigenvalue weighted by atomic mass is 10.0. The van der Waals surface area contributed by atoms with E-state index in [1.165, 1.54) is 18.6 Å². The topological polar surface area (TPSA) is 85.4 Å². The molecular formula is C19H24FN5O. The van der Waals surface area contributed by atoms with E-state index in [-0.39, 0.29) is 12.3 Å². The van der Waals surface area contributed by atoms with Gasteiger partial charge in [-0.05, 0) is 24.5 Å². The van der Waals surface area contributed by atoms with Gasteiger partial charge in [0.2, 0.25) is 0 Å². The number of nitrogens with zero attached hydrogens (tertiary/aromatic N) is 3. The number of nitrogens with two attached hydrogens (primary N) is 1. The predicted octanol–water partition coefficient (Wildman–Crippen LogP) is 3.30. The van der Waals surface area contributed by atoms with Gasteiger partial charge in [0.05, 0.1) is 18.1 Å². The van der Waals surface area contributed by atoms with Gasteiger partial charge in [-0.15, -0.1) is 0 Å². The lowest BCUT2D eigenvalue weighted by Crippen LogP contribution is -2.04. The molecule has 2 aromatic rings. The third-order valence-electron chi connectivity index (χ3n) is 3.65. The fourth-order valence-corrected chi connectivity index (χ4v) is 2.40. The van der Waals surface area contributed by atoms with Crippen LogP contribution in [0, 0.1) is 5.82 Å². The second-order valence-electron chi connectivity index (χ2n) is 5.56. The molecule has 0 amide bonds. The van der Waals surface area contributed by atoms with E-state index in [2.05, 4.69) is 27.4 Å². The van der Waals surface area contributed by atoms with E-state index >= 15 is 4.39 Å². The van der Waals surface area contributed by atoms with Crippen molar-refractivity contribution in [3.8, 4) is 11.5 Å². The average molecular weight is 357 g/mol. The standard InChI is InChI=1S/C19H24FN5O/c1-3-4-5-14-6-7-16(17(13-22-2)23-11-9-21)18(20)19(14)26-15-8-10-24-25-12-15/h6-8,10-13,22H,3-5,9,21H2,1-2H3/b17-13-,23-11?. The zero-order chi connectivity index (χ0) is 18.8. The number of aryl methyl sites for hydroxylation is 1. The van der Waals surface area contributed by atoms with Crippen molar-refractivity contribution in [2.75, 3.05) is 13.6 Å². The highest BCUT2D eigenvalue weighted by Gasteiger charge is 2.18. The Balaban J connectivity index is 2.50. The maximum absolute atomic E-state index is 15.3. The van der Waals surface area contributed by atoms with Gasteiger partial charge in [-0.3, -0.25) is 4.99 Å². The molecule has 0 aliphatic rings. The van der Waals surface area contributed by atoms with Crippen LogP contribution in [0.3, 0.4) is 0 Å². The van der Waals surface area contributed by atoms with Gasteiger partial charge in [0, 0.05) is 37.6 Å². The highest BCUT2D eigenvalue weighted by atomic mass is 19.1. The van der Waals surface area contributed by atoms with Crippen molar-refractivity contribution in [1.82, 2.24) is 15.5 Å².